The molecule has 42 heavy (non-hydrogen) atoms. The second-order valence-electron chi connectivity index (χ2n) is 15.0. The summed E-state index contributed by atoms with van der Waals surface area (Å²) in [6.45, 7) is 15.9. The maximum Gasteiger partial charge on any atom is 0.335 e. The quantitative estimate of drug-likeness (QED) is 0.361. The van der Waals surface area contributed by atoms with Gasteiger partial charge in [-0.15, -0.1) is 0 Å². The molecular formula is C36H47ClFNO3. The lowest BCUT2D eigenvalue weighted by molar-refractivity contribution is -0.114. The highest BCUT2D eigenvalue weighted by molar-refractivity contribution is 6.47. The minimum atomic E-state index is -0.948. The molecule has 1 fully saturated rings. The van der Waals surface area contributed by atoms with Crippen molar-refractivity contribution in [3.63, 3.8) is 0 Å². The molecule has 2 aliphatic rings. The molecule has 0 saturated heterocycles. The molecule has 0 amide bonds. The van der Waals surface area contributed by atoms with E-state index in [0.29, 0.717) is 23.6 Å². The van der Waals surface area contributed by atoms with Crippen LogP contribution in [0.1, 0.15) is 121 Å². The first-order valence-electron chi connectivity index (χ1n) is 15.4. The van der Waals surface area contributed by atoms with Crippen molar-refractivity contribution in [1.29, 1.82) is 0 Å². The number of ketones is 1. The van der Waals surface area contributed by atoms with Crippen molar-refractivity contribution in [3.05, 3.63) is 70.0 Å². The fraction of sp³-hybridized carbons (Fsp3) is 0.583. The third-order valence-electron chi connectivity index (χ3n) is 10.1. The van der Waals surface area contributed by atoms with Crippen molar-refractivity contribution in [1.82, 2.24) is 0 Å². The standard InChI is InChI=1S/C36H47ClFNO3/c1-22-28(27(16-17-34(2,3)4)23-8-10-24(11-9-23)33(41)42)21-31(40)32(25-12-13-30(38)29(37)20-25)39-36(22)18-14-26(15-19-36)35(5,6)7/h8-13,20,22,26-28H,14-19,21H2,1-7H3,(H,41,42). The van der Waals surface area contributed by atoms with Crippen LogP contribution in [-0.2, 0) is 4.79 Å². The molecule has 1 N–H and O–H groups in total. The Balaban J connectivity index is 1.82. The summed E-state index contributed by atoms with van der Waals surface area (Å²) in [6, 6.07) is 11.7. The normalized spacial score (nSPS) is 26.1. The summed E-state index contributed by atoms with van der Waals surface area (Å²) in [6.07, 6.45) is 6.04. The van der Waals surface area contributed by atoms with Crippen molar-refractivity contribution < 1.29 is 19.1 Å². The summed E-state index contributed by atoms with van der Waals surface area (Å²) in [5, 5.41) is 9.50. The van der Waals surface area contributed by atoms with Crippen LogP contribution >= 0.6 is 11.6 Å². The summed E-state index contributed by atoms with van der Waals surface area (Å²) >= 11 is 6.19. The maximum atomic E-state index is 14.2. The van der Waals surface area contributed by atoms with E-state index in [-0.39, 0.29) is 45.0 Å². The van der Waals surface area contributed by atoms with E-state index in [1.165, 1.54) is 12.1 Å². The number of aromatic carboxylic acids is 1. The van der Waals surface area contributed by atoms with Crippen LogP contribution < -0.4 is 0 Å². The molecule has 1 aliphatic heterocycles. The summed E-state index contributed by atoms with van der Waals surface area (Å²) < 4.78 is 14.1. The van der Waals surface area contributed by atoms with Crippen LogP contribution in [0.2, 0.25) is 5.02 Å². The third-order valence-corrected chi connectivity index (χ3v) is 10.4. The number of halogens is 2. The molecule has 3 unspecified atom stereocenters. The van der Waals surface area contributed by atoms with Crippen molar-refractivity contribution in [2.45, 2.75) is 105 Å². The zero-order chi connectivity index (χ0) is 31.0. The first-order chi connectivity index (χ1) is 19.5. The number of benzene rings is 2. The van der Waals surface area contributed by atoms with E-state index in [1.807, 2.05) is 12.1 Å². The van der Waals surface area contributed by atoms with Crippen molar-refractivity contribution in [2.24, 2.45) is 33.6 Å². The molecule has 228 valence electrons. The lowest BCUT2D eigenvalue weighted by Crippen LogP contribution is -2.44. The SMILES string of the molecule is CC1C(C(CCC(C)(C)C)c2ccc(C(=O)O)cc2)CC(=O)C(c2ccc(F)c(Cl)c2)=NC12CCC(C(C)(C)C)CC2. The number of carbonyl (C=O) groups excluding carboxylic acids is 1. The van der Waals surface area contributed by atoms with Crippen LogP contribution in [0.3, 0.4) is 0 Å². The number of carboxylic acids is 1. The van der Waals surface area contributed by atoms with Gasteiger partial charge in [-0.05, 0) is 109 Å². The molecule has 6 heteroatoms. The number of carboxylic acid groups (broad SMARTS) is 1. The molecule has 1 aliphatic carbocycles. The zero-order valence-electron chi connectivity index (χ0n) is 26.3. The topological polar surface area (TPSA) is 66.7 Å². The lowest BCUT2D eigenvalue weighted by atomic mass is 9.60. The summed E-state index contributed by atoms with van der Waals surface area (Å²) in [5.74, 6) is -0.732. The Morgan fingerprint density at radius 3 is 2.21 bits per heavy atom. The molecule has 3 atom stereocenters. The van der Waals surface area contributed by atoms with Gasteiger partial charge in [0.25, 0.3) is 0 Å². The molecule has 1 spiro atoms. The third kappa shape index (κ3) is 7.15. The van der Waals surface area contributed by atoms with Crippen LogP contribution in [0.5, 0.6) is 0 Å². The van der Waals surface area contributed by atoms with Gasteiger partial charge in [0.15, 0.2) is 5.78 Å². The molecule has 0 bridgehead atoms. The Labute approximate surface area is 256 Å². The van der Waals surface area contributed by atoms with Crippen LogP contribution in [0.4, 0.5) is 4.39 Å². The number of rotatable bonds is 6. The van der Waals surface area contributed by atoms with E-state index >= 15 is 0 Å². The number of Topliss-reactive ketones (excluding diaryl/α,β-unsaturated/α-hetero) is 1. The molecule has 0 aromatic heterocycles. The number of hydrogen-bond donors (Lipinski definition) is 1. The molecule has 2 aromatic carbocycles. The second-order valence-corrected chi connectivity index (χ2v) is 15.5. The van der Waals surface area contributed by atoms with Gasteiger partial charge in [-0.2, -0.15) is 0 Å². The zero-order valence-corrected chi connectivity index (χ0v) is 27.0. The number of nitrogens with zero attached hydrogens (tertiary/aromatic N) is 1. The van der Waals surface area contributed by atoms with Crippen LogP contribution in [-0.4, -0.2) is 28.1 Å². The van der Waals surface area contributed by atoms with Crippen LogP contribution in [0.15, 0.2) is 47.5 Å². The van der Waals surface area contributed by atoms with E-state index in [1.54, 1.807) is 18.2 Å². The molecule has 4 nitrogen and oxygen atoms in total. The fourth-order valence-electron chi connectivity index (χ4n) is 7.27. The predicted molar refractivity (Wildman–Crippen MR) is 169 cm³/mol. The molecule has 2 aromatic rings. The second kappa shape index (κ2) is 12.2. The highest BCUT2D eigenvalue weighted by Gasteiger charge is 2.49. The molecule has 4 rings (SSSR count). The molecule has 0 radical (unpaired) electrons. The van der Waals surface area contributed by atoms with Gasteiger partial charge in [0.2, 0.25) is 0 Å². The number of carbonyl (C=O) groups is 2. The Morgan fingerprint density at radius 2 is 1.69 bits per heavy atom. The van der Waals surface area contributed by atoms with Crippen molar-refractivity contribution in [3.8, 4) is 0 Å². The maximum absolute atomic E-state index is 14.2. The highest BCUT2D eigenvalue weighted by Crippen LogP contribution is 2.52. The first kappa shape index (κ1) is 32.4. The fourth-order valence-corrected chi connectivity index (χ4v) is 7.45. The average molecular weight is 596 g/mol. The van der Waals surface area contributed by atoms with E-state index in [4.69, 9.17) is 16.6 Å². The highest BCUT2D eigenvalue weighted by atomic mass is 35.5. The summed E-state index contributed by atoms with van der Waals surface area (Å²) in [5.41, 5.74) is 2.20. The Morgan fingerprint density at radius 1 is 1.07 bits per heavy atom. The largest absolute Gasteiger partial charge is 0.478 e. The van der Waals surface area contributed by atoms with Crippen molar-refractivity contribution >= 4 is 29.1 Å². The van der Waals surface area contributed by atoms with E-state index in [0.717, 1.165) is 44.1 Å². The Hall–Kier alpha value is -2.53. The Bertz CT molecular complexity index is 1330. The van der Waals surface area contributed by atoms with Crippen LogP contribution in [0.25, 0.3) is 0 Å². The molecule has 1 saturated carbocycles. The van der Waals surface area contributed by atoms with Gasteiger partial charge in [0, 0.05) is 12.0 Å². The predicted octanol–water partition coefficient (Wildman–Crippen LogP) is 9.78. The van der Waals surface area contributed by atoms with Gasteiger partial charge in [-0.25, -0.2) is 9.18 Å². The van der Waals surface area contributed by atoms with E-state index < -0.39 is 17.3 Å². The summed E-state index contributed by atoms with van der Waals surface area (Å²) in [7, 11) is 0. The van der Waals surface area contributed by atoms with E-state index in [2.05, 4.69) is 48.5 Å². The van der Waals surface area contributed by atoms with Crippen molar-refractivity contribution in [2.75, 3.05) is 0 Å². The van der Waals surface area contributed by atoms with Gasteiger partial charge in [-0.3, -0.25) is 9.79 Å². The summed E-state index contributed by atoms with van der Waals surface area (Å²) in [4.78, 5) is 31.1. The Kier molecular flexibility index (Phi) is 9.43. The van der Waals surface area contributed by atoms with Gasteiger partial charge < -0.3 is 5.11 Å². The molecule has 1 heterocycles. The number of aliphatic imine (C=N–C) groups is 1. The van der Waals surface area contributed by atoms with Gasteiger partial charge in [0.05, 0.1) is 16.1 Å². The first-order valence-corrected chi connectivity index (χ1v) is 15.8. The minimum Gasteiger partial charge on any atom is -0.478 e. The van der Waals surface area contributed by atoms with Gasteiger partial charge in [-0.1, -0.05) is 72.2 Å². The smallest absolute Gasteiger partial charge is 0.335 e. The van der Waals surface area contributed by atoms with Gasteiger partial charge >= 0.3 is 5.97 Å². The monoisotopic (exact) mass is 595 g/mol. The minimum absolute atomic E-state index is 0.0103. The average Bonchev–Trinajstić information content (AvgIpc) is 3.00. The van der Waals surface area contributed by atoms with Gasteiger partial charge in [0.1, 0.15) is 11.5 Å². The molecular weight excluding hydrogens is 549 g/mol. The van der Waals surface area contributed by atoms with Crippen LogP contribution in [0, 0.1) is 34.4 Å². The van der Waals surface area contributed by atoms with E-state index in [9.17, 15) is 19.1 Å². The number of hydrogen-bond acceptors (Lipinski definition) is 3. The lowest BCUT2D eigenvalue weighted by Gasteiger charge is -2.47.